The molecular formula is C11H11N3O2. The first kappa shape index (κ1) is 10.2. The van der Waals surface area contributed by atoms with E-state index in [9.17, 15) is 9.59 Å². The Morgan fingerprint density at radius 3 is 2.56 bits per heavy atom. The summed E-state index contributed by atoms with van der Waals surface area (Å²) in [6, 6.07) is 10.0. The molecule has 2 rings (SSSR count). The summed E-state index contributed by atoms with van der Waals surface area (Å²) in [5, 5.41) is 5.08. The van der Waals surface area contributed by atoms with Crippen LogP contribution in [0.2, 0.25) is 0 Å². The predicted octanol–water partition coefficient (Wildman–Crippen LogP) is 1.57. The molecule has 0 spiro atoms. The van der Waals surface area contributed by atoms with Crippen LogP contribution in [-0.2, 0) is 0 Å². The molecule has 0 aliphatic heterocycles. The number of rotatable bonds is 1. The summed E-state index contributed by atoms with van der Waals surface area (Å²) in [4.78, 5) is 22.7. The van der Waals surface area contributed by atoms with Crippen LogP contribution < -0.4 is 10.9 Å². The SMILES string of the molecule is Cc1cc(=O)[nH]n1C(=O)Nc1ccccc1. The van der Waals surface area contributed by atoms with Crippen LogP contribution in [0.4, 0.5) is 10.5 Å². The summed E-state index contributed by atoms with van der Waals surface area (Å²) in [6.07, 6.45) is 0. The Kier molecular flexibility index (Phi) is 2.59. The number of para-hydroxylation sites is 1. The summed E-state index contributed by atoms with van der Waals surface area (Å²) >= 11 is 0. The van der Waals surface area contributed by atoms with Gasteiger partial charge in [0.25, 0.3) is 5.56 Å². The number of aryl methyl sites for hydroxylation is 1. The number of anilines is 1. The molecule has 0 unspecified atom stereocenters. The minimum absolute atomic E-state index is 0.291. The Morgan fingerprint density at radius 2 is 2.00 bits per heavy atom. The highest BCUT2D eigenvalue weighted by molar-refractivity contribution is 5.90. The van der Waals surface area contributed by atoms with Crippen molar-refractivity contribution in [2.45, 2.75) is 6.92 Å². The second kappa shape index (κ2) is 4.06. The molecule has 0 saturated heterocycles. The Labute approximate surface area is 91.7 Å². The number of hydrogen-bond acceptors (Lipinski definition) is 2. The van der Waals surface area contributed by atoms with Crippen LogP contribution in [0.1, 0.15) is 5.69 Å². The molecular weight excluding hydrogens is 206 g/mol. The van der Waals surface area contributed by atoms with Crippen molar-refractivity contribution in [3.63, 3.8) is 0 Å². The number of hydrogen-bond donors (Lipinski definition) is 2. The molecule has 0 radical (unpaired) electrons. The van der Waals surface area contributed by atoms with Crippen molar-refractivity contribution < 1.29 is 4.79 Å². The maximum Gasteiger partial charge on any atom is 0.345 e. The third-order valence-electron chi connectivity index (χ3n) is 2.14. The fourth-order valence-corrected chi connectivity index (χ4v) is 1.40. The highest BCUT2D eigenvalue weighted by Gasteiger charge is 2.08. The van der Waals surface area contributed by atoms with Gasteiger partial charge in [-0.3, -0.25) is 9.89 Å². The Hall–Kier alpha value is -2.30. The fourth-order valence-electron chi connectivity index (χ4n) is 1.40. The summed E-state index contributed by atoms with van der Waals surface area (Å²) in [7, 11) is 0. The van der Waals surface area contributed by atoms with Crippen LogP contribution >= 0.6 is 0 Å². The topological polar surface area (TPSA) is 66.9 Å². The average Bonchev–Trinajstić information content (AvgIpc) is 2.59. The standard InChI is InChI=1S/C11H11N3O2/c1-8-7-10(15)13-14(8)11(16)12-9-5-3-2-4-6-9/h2-7H,1H3,(H,12,16)(H,13,15). The highest BCUT2D eigenvalue weighted by atomic mass is 16.2. The van der Waals surface area contributed by atoms with Crippen LogP contribution in [0.15, 0.2) is 41.2 Å². The molecule has 0 fully saturated rings. The van der Waals surface area contributed by atoms with Gasteiger partial charge in [0, 0.05) is 17.4 Å². The molecule has 2 aromatic rings. The van der Waals surface area contributed by atoms with Crippen molar-refractivity contribution in [3.05, 3.63) is 52.4 Å². The lowest BCUT2D eigenvalue weighted by Gasteiger charge is -2.06. The minimum atomic E-state index is -0.384. The quantitative estimate of drug-likeness (QED) is 0.761. The first-order valence-corrected chi connectivity index (χ1v) is 4.82. The van der Waals surface area contributed by atoms with Gasteiger partial charge in [-0.1, -0.05) is 18.2 Å². The largest absolute Gasteiger partial charge is 0.345 e. The number of aromatic amines is 1. The molecule has 1 aromatic carbocycles. The number of nitrogens with one attached hydrogen (secondary N) is 2. The molecule has 5 heteroatoms. The second-order valence-corrected chi connectivity index (χ2v) is 3.39. The molecule has 2 N–H and O–H groups in total. The number of H-pyrrole nitrogens is 1. The van der Waals surface area contributed by atoms with Crippen molar-refractivity contribution in [2.75, 3.05) is 5.32 Å². The van der Waals surface area contributed by atoms with Gasteiger partial charge < -0.3 is 5.32 Å². The number of carbonyl (C=O) groups excluding carboxylic acids is 1. The molecule has 0 aliphatic carbocycles. The van der Waals surface area contributed by atoms with Crippen LogP contribution in [0.5, 0.6) is 0 Å². The Morgan fingerprint density at radius 1 is 1.31 bits per heavy atom. The highest BCUT2D eigenvalue weighted by Crippen LogP contribution is 2.05. The third kappa shape index (κ3) is 2.03. The molecule has 0 aliphatic rings. The summed E-state index contributed by atoms with van der Waals surface area (Å²) in [5.41, 5.74) is 0.959. The van der Waals surface area contributed by atoms with Crippen LogP contribution in [0, 0.1) is 6.92 Å². The zero-order chi connectivity index (χ0) is 11.5. The lowest BCUT2D eigenvalue weighted by molar-refractivity contribution is 0.250. The predicted molar refractivity (Wildman–Crippen MR) is 60.6 cm³/mol. The molecule has 0 bridgehead atoms. The summed E-state index contributed by atoms with van der Waals surface area (Å²) < 4.78 is 1.18. The number of amides is 1. The van der Waals surface area contributed by atoms with Gasteiger partial charge in [-0.15, -0.1) is 0 Å². The van der Waals surface area contributed by atoms with Crippen LogP contribution in [-0.4, -0.2) is 15.8 Å². The molecule has 1 aromatic heterocycles. The molecule has 16 heavy (non-hydrogen) atoms. The summed E-state index contributed by atoms with van der Waals surface area (Å²) in [5.74, 6) is 0. The molecule has 82 valence electrons. The first-order chi connectivity index (χ1) is 7.66. The van der Waals surface area contributed by atoms with Gasteiger partial charge in [0.15, 0.2) is 0 Å². The van der Waals surface area contributed by atoms with E-state index in [1.54, 1.807) is 19.1 Å². The van der Waals surface area contributed by atoms with E-state index in [1.165, 1.54) is 10.7 Å². The van der Waals surface area contributed by atoms with Gasteiger partial charge in [-0.05, 0) is 19.1 Å². The van der Waals surface area contributed by atoms with E-state index in [2.05, 4.69) is 10.4 Å². The number of benzene rings is 1. The monoisotopic (exact) mass is 217 g/mol. The maximum absolute atomic E-state index is 11.7. The smallest absolute Gasteiger partial charge is 0.306 e. The van der Waals surface area contributed by atoms with Crippen molar-refractivity contribution in [2.24, 2.45) is 0 Å². The first-order valence-electron chi connectivity index (χ1n) is 4.82. The second-order valence-electron chi connectivity index (χ2n) is 3.39. The maximum atomic E-state index is 11.7. The minimum Gasteiger partial charge on any atom is -0.306 e. The number of nitrogens with zero attached hydrogens (tertiary/aromatic N) is 1. The number of aromatic nitrogens is 2. The van der Waals surface area contributed by atoms with E-state index in [-0.39, 0.29) is 11.6 Å². The fraction of sp³-hybridized carbons (Fsp3) is 0.0909. The van der Waals surface area contributed by atoms with Gasteiger partial charge >= 0.3 is 6.03 Å². The van der Waals surface area contributed by atoms with Gasteiger partial charge in [0.05, 0.1) is 0 Å². The van der Waals surface area contributed by atoms with Crippen molar-refractivity contribution in [1.29, 1.82) is 0 Å². The van der Waals surface area contributed by atoms with Gasteiger partial charge in [0.1, 0.15) is 0 Å². The Balaban J connectivity index is 2.21. The van der Waals surface area contributed by atoms with Gasteiger partial charge in [-0.2, -0.15) is 0 Å². The van der Waals surface area contributed by atoms with Crippen LogP contribution in [0.3, 0.4) is 0 Å². The van der Waals surface area contributed by atoms with E-state index < -0.39 is 0 Å². The average molecular weight is 217 g/mol. The Bertz CT molecular complexity index is 554. The lowest BCUT2D eigenvalue weighted by atomic mass is 10.3. The molecule has 5 nitrogen and oxygen atoms in total. The molecule has 0 atom stereocenters. The van der Waals surface area contributed by atoms with E-state index in [1.807, 2.05) is 18.2 Å². The van der Waals surface area contributed by atoms with E-state index >= 15 is 0 Å². The van der Waals surface area contributed by atoms with Gasteiger partial charge in [0.2, 0.25) is 0 Å². The zero-order valence-corrected chi connectivity index (χ0v) is 8.73. The van der Waals surface area contributed by atoms with E-state index in [0.717, 1.165) is 0 Å². The summed E-state index contributed by atoms with van der Waals surface area (Å²) in [6.45, 7) is 1.68. The zero-order valence-electron chi connectivity index (χ0n) is 8.73. The molecule has 1 heterocycles. The molecule has 1 amide bonds. The molecule has 0 saturated carbocycles. The van der Waals surface area contributed by atoms with Crippen molar-refractivity contribution in [1.82, 2.24) is 9.78 Å². The van der Waals surface area contributed by atoms with Gasteiger partial charge in [-0.25, -0.2) is 9.48 Å². The number of carbonyl (C=O) groups is 1. The third-order valence-corrected chi connectivity index (χ3v) is 2.14. The van der Waals surface area contributed by atoms with Crippen molar-refractivity contribution in [3.8, 4) is 0 Å². The lowest BCUT2D eigenvalue weighted by Crippen LogP contribution is -2.23. The normalized spacial score (nSPS) is 10.1. The van der Waals surface area contributed by atoms with Crippen LogP contribution in [0.25, 0.3) is 0 Å². The van der Waals surface area contributed by atoms with E-state index in [4.69, 9.17) is 0 Å². The van der Waals surface area contributed by atoms with E-state index in [0.29, 0.717) is 11.4 Å². The van der Waals surface area contributed by atoms with Crippen molar-refractivity contribution >= 4 is 11.7 Å².